The van der Waals surface area contributed by atoms with Crippen molar-refractivity contribution in [3.63, 3.8) is 0 Å². The van der Waals surface area contributed by atoms with Gasteiger partial charge in [0.05, 0.1) is 37.4 Å². The van der Waals surface area contributed by atoms with E-state index in [2.05, 4.69) is 38.2 Å². The lowest BCUT2D eigenvalue weighted by Crippen LogP contribution is -2.47. The molecule has 1 aliphatic rings. The Balaban J connectivity index is 2.48. The van der Waals surface area contributed by atoms with Gasteiger partial charge in [-0.05, 0) is 19.8 Å². The van der Waals surface area contributed by atoms with E-state index in [0.29, 0.717) is 13.2 Å². The fourth-order valence-corrected chi connectivity index (χ4v) is 4.67. The first-order valence-electron chi connectivity index (χ1n) is 14.3. The van der Waals surface area contributed by atoms with E-state index < -0.39 is 0 Å². The summed E-state index contributed by atoms with van der Waals surface area (Å²) < 4.78 is 12.3. The average molecular weight is 466 g/mol. The monoisotopic (exact) mass is 465 g/mol. The second kappa shape index (κ2) is 20.5. The van der Waals surface area contributed by atoms with Crippen LogP contribution in [-0.2, 0) is 14.3 Å². The van der Waals surface area contributed by atoms with Gasteiger partial charge in [0.25, 0.3) is 0 Å². The predicted octanol–water partition coefficient (Wildman–Crippen LogP) is 7.75. The molecule has 1 aliphatic heterocycles. The maximum atomic E-state index is 13.0. The molecule has 0 fully saturated rings. The van der Waals surface area contributed by atoms with E-state index in [1.54, 1.807) is 0 Å². The summed E-state index contributed by atoms with van der Waals surface area (Å²) in [6.45, 7) is 9.78. The molecule has 4 atom stereocenters. The molecule has 1 unspecified atom stereocenters. The molecular formula is C29H55NO3. The number of rotatable bonds is 16. The van der Waals surface area contributed by atoms with E-state index in [1.165, 1.54) is 83.5 Å². The van der Waals surface area contributed by atoms with E-state index in [-0.39, 0.29) is 30.1 Å². The molecule has 1 amide bonds. The molecule has 0 bridgehead atoms. The topological polar surface area (TPSA) is 47.6 Å². The molecule has 194 valence electrons. The molecule has 0 saturated carbocycles. The summed E-state index contributed by atoms with van der Waals surface area (Å²) >= 11 is 0. The third-order valence-corrected chi connectivity index (χ3v) is 7.06. The van der Waals surface area contributed by atoms with Gasteiger partial charge in [-0.1, -0.05) is 123 Å². The maximum Gasteiger partial charge on any atom is 0.225 e. The first-order valence-corrected chi connectivity index (χ1v) is 14.3. The van der Waals surface area contributed by atoms with Crippen LogP contribution in [0.3, 0.4) is 0 Å². The van der Waals surface area contributed by atoms with E-state index >= 15 is 0 Å². The Bertz CT molecular complexity index is 493. The van der Waals surface area contributed by atoms with Crippen LogP contribution in [0.4, 0.5) is 0 Å². The summed E-state index contributed by atoms with van der Waals surface area (Å²) in [5.74, 6) is -0.0345. The first-order chi connectivity index (χ1) is 16.1. The van der Waals surface area contributed by atoms with Gasteiger partial charge < -0.3 is 14.8 Å². The fraction of sp³-hybridized carbons (Fsp3) is 0.897. The van der Waals surface area contributed by atoms with Gasteiger partial charge in [-0.2, -0.15) is 0 Å². The highest BCUT2D eigenvalue weighted by atomic mass is 16.5. The first kappa shape index (κ1) is 30.2. The molecule has 0 aliphatic carbocycles. The number of ether oxygens (including phenoxy) is 2. The minimum absolute atomic E-state index is 0.0144. The smallest absolute Gasteiger partial charge is 0.225 e. The number of hydrogen-bond acceptors (Lipinski definition) is 3. The summed E-state index contributed by atoms with van der Waals surface area (Å²) in [6.07, 6.45) is 24.2. The van der Waals surface area contributed by atoms with Gasteiger partial charge in [0.2, 0.25) is 5.91 Å². The second-order valence-corrected chi connectivity index (χ2v) is 10.1. The summed E-state index contributed by atoms with van der Waals surface area (Å²) in [5, 5.41) is 3.25. The van der Waals surface area contributed by atoms with Gasteiger partial charge in [0, 0.05) is 0 Å². The van der Waals surface area contributed by atoms with Crippen LogP contribution in [0, 0.1) is 5.92 Å². The molecular weight excluding hydrogens is 410 g/mol. The van der Waals surface area contributed by atoms with Gasteiger partial charge in [0.15, 0.2) is 0 Å². The minimum atomic E-state index is -0.139. The van der Waals surface area contributed by atoms with E-state index in [4.69, 9.17) is 9.47 Å². The second-order valence-electron chi connectivity index (χ2n) is 10.1. The van der Waals surface area contributed by atoms with Gasteiger partial charge >= 0.3 is 0 Å². The zero-order chi connectivity index (χ0) is 24.2. The van der Waals surface area contributed by atoms with Crippen molar-refractivity contribution in [1.29, 1.82) is 0 Å². The van der Waals surface area contributed by atoms with Crippen LogP contribution < -0.4 is 5.32 Å². The highest BCUT2D eigenvalue weighted by molar-refractivity contribution is 5.79. The maximum absolute atomic E-state index is 13.0. The van der Waals surface area contributed by atoms with Gasteiger partial charge in [-0.3, -0.25) is 4.79 Å². The lowest BCUT2D eigenvalue weighted by Gasteiger charge is -2.29. The largest absolute Gasteiger partial charge is 0.373 e. The average Bonchev–Trinajstić information content (AvgIpc) is 2.81. The van der Waals surface area contributed by atoms with Crippen molar-refractivity contribution in [2.45, 2.75) is 149 Å². The normalized spacial score (nSPS) is 25.8. The van der Waals surface area contributed by atoms with E-state index in [0.717, 1.165) is 19.3 Å². The predicted molar refractivity (Wildman–Crippen MR) is 141 cm³/mol. The summed E-state index contributed by atoms with van der Waals surface area (Å²) in [4.78, 5) is 13.0. The molecule has 1 rings (SSSR count). The number of carbonyl (C=O) groups excluding carboxylic acids is 1. The van der Waals surface area contributed by atoms with Crippen molar-refractivity contribution < 1.29 is 14.3 Å². The van der Waals surface area contributed by atoms with Gasteiger partial charge in [-0.15, -0.1) is 0 Å². The van der Waals surface area contributed by atoms with Crippen molar-refractivity contribution >= 4 is 5.91 Å². The standard InChI is InChI=1S/C29H55NO3/c1-5-7-9-11-13-15-17-21-27-25(3)29(31)30-26(4)28(33-24-20-19-23-32-27)22-18-16-14-12-10-8-6-2/h19-20,25-28H,5-18,21-24H2,1-4H3,(H,30,31)/b20-19+/t25-,26-,27+,28?/m0/s1. The third kappa shape index (κ3) is 14.9. The van der Waals surface area contributed by atoms with E-state index in [1.807, 2.05) is 6.92 Å². The van der Waals surface area contributed by atoms with Crippen molar-refractivity contribution in [3.8, 4) is 0 Å². The number of nitrogens with one attached hydrogen (secondary N) is 1. The quantitative estimate of drug-likeness (QED) is 0.187. The summed E-state index contributed by atoms with van der Waals surface area (Å²) in [5.41, 5.74) is 0. The number of carbonyl (C=O) groups is 1. The highest BCUT2D eigenvalue weighted by Crippen LogP contribution is 2.19. The lowest BCUT2D eigenvalue weighted by atomic mass is 9.96. The van der Waals surface area contributed by atoms with Crippen molar-refractivity contribution in [3.05, 3.63) is 12.2 Å². The van der Waals surface area contributed by atoms with Gasteiger partial charge in [-0.25, -0.2) is 0 Å². The zero-order valence-electron chi connectivity index (χ0n) is 22.4. The molecule has 0 aromatic rings. The van der Waals surface area contributed by atoms with Crippen molar-refractivity contribution in [2.24, 2.45) is 5.92 Å². The number of amides is 1. The van der Waals surface area contributed by atoms with Crippen molar-refractivity contribution in [2.75, 3.05) is 13.2 Å². The Hall–Kier alpha value is -0.870. The molecule has 0 radical (unpaired) electrons. The minimum Gasteiger partial charge on any atom is -0.373 e. The molecule has 0 spiro atoms. The van der Waals surface area contributed by atoms with Gasteiger partial charge in [0.1, 0.15) is 0 Å². The Labute approximate surface area is 205 Å². The SMILES string of the molecule is CCCCCCCCCC1OC/C=C/CO[C@H](CCCCCCCCC)[C@H](C)C(=O)N[C@H]1C. The number of hydrogen-bond donors (Lipinski definition) is 1. The van der Waals surface area contributed by atoms with Crippen LogP contribution in [0.5, 0.6) is 0 Å². The summed E-state index contributed by atoms with van der Waals surface area (Å²) in [6, 6.07) is 0.0204. The van der Waals surface area contributed by atoms with E-state index in [9.17, 15) is 4.79 Å². The number of unbranched alkanes of at least 4 members (excludes halogenated alkanes) is 12. The molecule has 1 N–H and O–H groups in total. The van der Waals surface area contributed by atoms with Crippen LogP contribution in [0.2, 0.25) is 0 Å². The molecule has 1 heterocycles. The molecule has 4 heteroatoms. The highest BCUT2D eigenvalue weighted by Gasteiger charge is 2.28. The lowest BCUT2D eigenvalue weighted by molar-refractivity contribution is -0.131. The fourth-order valence-electron chi connectivity index (χ4n) is 4.67. The van der Waals surface area contributed by atoms with Crippen LogP contribution in [-0.4, -0.2) is 37.4 Å². The van der Waals surface area contributed by atoms with Crippen LogP contribution in [0.1, 0.15) is 130 Å². The Kier molecular flexibility index (Phi) is 18.7. The third-order valence-electron chi connectivity index (χ3n) is 7.06. The zero-order valence-corrected chi connectivity index (χ0v) is 22.4. The molecule has 33 heavy (non-hydrogen) atoms. The molecule has 0 saturated heterocycles. The summed E-state index contributed by atoms with van der Waals surface area (Å²) in [7, 11) is 0. The van der Waals surface area contributed by atoms with Crippen molar-refractivity contribution in [1.82, 2.24) is 5.32 Å². The Morgan fingerprint density at radius 2 is 1.12 bits per heavy atom. The van der Waals surface area contributed by atoms with Crippen LogP contribution >= 0.6 is 0 Å². The molecule has 0 aromatic carbocycles. The van der Waals surface area contributed by atoms with Crippen LogP contribution in [0.15, 0.2) is 12.2 Å². The molecule has 0 aromatic heterocycles. The van der Waals surface area contributed by atoms with Crippen LogP contribution in [0.25, 0.3) is 0 Å². The molecule has 4 nitrogen and oxygen atoms in total. The Morgan fingerprint density at radius 3 is 1.64 bits per heavy atom. The Morgan fingerprint density at radius 1 is 0.697 bits per heavy atom.